The molecule has 0 fully saturated rings. The predicted molar refractivity (Wildman–Crippen MR) is 112 cm³/mol. The molecule has 0 saturated carbocycles. The summed E-state index contributed by atoms with van der Waals surface area (Å²) in [5.41, 5.74) is 5.21. The topological polar surface area (TPSA) is 119 Å². The Morgan fingerprint density at radius 1 is 0.893 bits per heavy atom. The van der Waals surface area contributed by atoms with Crippen LogP contribution in [-0.4, -0.2) is 34.2 Å². The molecular formula is C19H39ClNO6P. The number of aliphatic carboxylic acids is 1. The summed E-state index contributed by atoms with van der Waals surface area (Å²) in [4.78, 5) is 17.9. The van der Waals surface area contributed by atoms with E-state index in [2.05, 4.69) is 11.4 Å². The molecule has 0 aliphatic heterocycles. The van der Waals surface area contributed by atoms with Crippen LogP contribution in [0.2, 0.25) is 0 Å². The Hall–Kier alpha value is -0.170. The van der Waals surface area contributed by atoms with Crippen LogP contribution in [0.4, 0.5) is 0 Å². The number of alkyl halides is 1. The molecule has 2 atom stereocenters. The van der Waals surface area contributed by atoms with Gasteiger partial charge >= 0.3 is 13.8 Å². The molecular weight excluding hydrogens is 405 g/mol. The van der Waals surface area contributed by atoms with Crippen LogP contribution >= 0.6 is 19.4 Å². The van der Waals surface area contributed by atoms with Gasteiger partial charge in [0.05, 0.1) is 6.61 Å². The van der Waals surface area contributed by atoms with Crippen LogP contribution in [0.1, 0.15) is 96.8 Å². The van der Waals surface area contributed by atoms with Crippen molar-refractivity contribution in [2.24, 2.45) is 5.73 Å². The van der Waals surface area contributed by atoms with Gasteiger partial charge in [-0.2, -0.15) is 0 Å². The summed E-state index contributed by atoms with van der Waals surface area (Å²) in [5, 5.41) is 8.71. The van der Waals surface area contributed by atoms with E-state index in [-0.39, 0.29) is 6.61 Å². The van der Waals surface area contributed by atoms with E-state index in [1.165, 1.54) is 64.2 Å². The molecule has 0 aliphatic rings. The first-order valence-corrected chi connectivity index (χ1v) is 12.4. The van der Waals surface area contributed by atoms with Gasteiger partial charge < -0.3 is 15.7 Å². The van der Waals surface area contributed by atoms with Gasteiger partial charge in [0, 0.05) is 0 Å². The molecule has 1 unspecified atom stereocenters. The molecule has 7 nitrogen and oxygen atoms in total. The maximum atomic E-state index is 11.6. The zero-order chi connectivity index (χ0) is 21.3. The second kappa shape index (κ2) is 16.6. The highest BCUT2D eigenvalue weighted by Crippen LogP contribution is 2.44. The standard InChI is InChI=1S/C19H39ClNO6P/c1-2-3-4-5-6-7-8-9-10-11-12-13-14-15-16-26-28(24,25)27-17-19(20,21)18(22)23/h2-17,21H2,1H3,(H,22,23)(H,24,25)/t19-/m0/s1. The molecule has 168 valence electrons. The molecule has 0 aliphatic carbocycles. The maximum absolute atomic E-state index is 11.6. The molecule has 0 bridgehead atoms. The first-order valence-electron chi connectivity index (χ1n) is 10.5. The SMILES string of the molecule is CCCCCCCCCCCCCCCCOP(=O)(O)OC[C@@](N)(Cl)C(=O)O. The van der Waals surface area contributed by atoms with Gasteiger partial charge in [0.2, 0.25) is 5.00 Å². The minimum absolute atomic E-state index is 0.0682. The first kappa shape index (κ1) is 27.8. The molecule has 9 heteroatoms. The molecule has 0 amide bonds. The largest absolute Gasteiger partial charge is 0.479 e. The number of hydrogen-bond acceptors (Lipinski definition) is 5. The summed E-state index contributed by atoms with van der Waals surface area (Å²) in [5.74, 6) is -1.54. The van der Waals surface area contributed by atoms with Crippen molar-refractivity contribution in [2.45, 2.75) is 102 Å². The fourth-order valence-corrected chi connectivity index (χ4v) is 3.68. The monoisotopic (exact) mass is 443 g/mol. The fraction of sp³-hybridized carbons (Fsp3) is 0.947. The minimum atomic E-state index is -4.34. The maximum Gasteiger partial charge on any atom is 0.472 e. The van der Waals surface area contributed by atoms with Crippen LogP contribution < -0.4 is 5.73 Å². The van der Waals surface area contributed by atoms with Crippen LogP contribution in [0, 0.1) is 0 Å². The number of carboxylic acids is 1. The lowest BCUT2D eigenvalue weighted by molar-refractivity contribution is -0.141. The Morgan fingerprint density at radius 3 is 1.68 bits per heavy atom. The van der Waals surface area contributed by atoms with E-state index in [0.717, 1.165) is 19.3 Å². The van der Waals surface area contributed by atoms with Crippen LogP contribution in [0.3, 0.4) is 0 Å². The smallest absolute Gasteiger partial charge is 0.472 e. The Balaban J connectivity index is 3.45. The summed E-state index contributed by atoms with van der Waals surface area (Å²) in [6.45, 7) is 1.48. The third-order valence-electron chi connectivity index (χ3n) is 4.55. The predicted octanol–water partition coefficient (Wildman–Crippen LogP) is 5.58. The van der Waals surface area contributed by atoms with E-state index in [1.54, 1.807) is 0 Å². The van der Waals surface area contributed by atoms with E-state index in [0.29, 0.717) is 6.42 Å². The molecule has 0 radical (unpaired) electrons. The Kier molecular flexibility index (Phi) is 16.5. The zero-order valence-corrected chi connectivity index (χ0v) is 18.9. The number of rotatable bonds is 20. The summed E-state index contributed by atoms with van der Waals surface area (Å²) in [7, 11) is -4.34. The second-order valence-electron chi connectivity index (χ2n) is 7.34. The second-order valence-corrected chi connectivity index (χ2v) is 9.47. The molecule has 0 aromatic heterocycles. The number of phosphoric ester groups is 1. The van der Waals surface area contributed by atoms with E-state index in [1.807, 2.05) is 0 Å². The number of halogens is 1. The van der Waals surface area contributed by atoms with Crippen molar-refractivity contribution in [2.75, 3.05) is 13.2 Å². The highest BCUT2D eigenvalue weighted by Gasteiger charge is 2.35. The van der Waals surface area contributed by atoms with Gasteiger partial charge in [-0.05, 0) is 6.42 Å². The van der Waals surface area contributed by atoms with Crippen molar-refractivity contribution in [3.8, 4) is 0 Å². The van der Waals surface area contributed by atoms with E-state index >= 15 is 0 Å². The number of nitrogens with two attached hydrogens (primary N) is 1. The van der Waals surface area contributed by atoms with Crippen LogP contribution in [0.25, 0.3) is 0 Å². The fourth-order valence-electron chi connectivity index (χ4n) is 2.75. The lowest BCUT2D eigenvalue weighted by Crippen LogP contribution is -2.46. The number of phosphoric acid groups is 1. The molecule has 0 rings (SSSR count). The van der Waals surface area contributed by atoms with Crippen LogP contribution in [0.15, 0.2) is 0 Å². The van der Waals surface area contributed by atoms with Crippen molar-refractivity contribution in [3.63, 3.8) is 0 Å². The van der Waals surface area contributed by atoms with Gasteiger partial charge in [-0.1, -0.05) is 102 Å². The zero-order valence-electron chi connectivity index (χ0n) is 17.2. The van der Waals surface area contributed by atoms with Gasteiger partial charge in [0.25, 0.3) is 0 Å². The summed E-state index contributed by atoms with van der Waals surface area (Å²) >= 11 is 5.44. The van der Waals surface area contributed by atoms with Crippen LogP contribution in [0.5, 0.6) is 0 Å². The first-order chi connectivity index (χ1) is 13.2. The molecule has 0 heterocycles. The summed E-state index contributed by atoms with van der Waals surface area (Å²) in [6.07, 6.45) is 17.0. The molecule has 4 N–H and O–H groups in total. The Labute approximate surface area is 174 Å². The Bertz CT molecular complexity index is 450. The average Bonchev–Trinajstić information content (AvgIpc) is 2.63. The van der Waals surface area contributed by atoms with E-state index in [4.69, 9.17) is 27.0 Å². The lowest BCUT2D eigenvalue weighted by atomic mass is 10.0. The molecule has 28 heavy (non-hydrogen) atoms. The highest BCUT2D eigenvalue weighted by molar-refractivity contribution is 7.47. The van der Waals surface area contributed by atoms with E-state index < -0.39 is 25.4 Å². The number of hydrogen-bond donors (Lipinski definition) is 3. The minimum Gasteiger partial charge on any atom is -0.479 e. The lowest BCUT2D eigenvalue weighted by Gasteiger charge is -2.18. The normalized spacial score (nSPS) is 15.9. The van der Waals surface area contributed by atoms with Crippen molar-refractivity contribution < 1.29 is 28.4 Å². The Morgan fingerprint density at radius 2 is 1.29 bits per heavy atom. The van der Waals surface area contributed by atoms with Crippen molar-refractivity contribution in [1.29, 1.82) is 0 Å². The molecule has 0 aromatic rings. The summed E-state index contributed by atoms with van der Waals surface area (Å²) in [6, 6.07) is 0. The number of carboxylic acid groups (broad SMARTS) is 1. The average molecular weight is 444 g/mol. The molecule has 0 spiro atoms. The van der Waals surface area contributed by atoms with Crippen molar-refractivity contribution >= 4 is 25.4 Å². The third-order valence-corrected chi connectivity index (χ3v) is 5.78. The number of unbranched alkanes of at least 4 members (excludes halogenated alkanes) is 13. The van der Waals surface area contributed by atoms with Crippen molar-refractivity contribution in [3.05, 3.63) is 0 Å². The van der Waals surface area contributed by atoms with Crippen molar-refractivity contribution in [1.82, 2.24) is 0 Å². The van der Waals surface area contributed by atoms with Gasteiger partial charge in [-0.15, -0.1) is 0 Å². The van der Waals surface area contributed by atoms with E-state index in [9.17, 15) is 14.3 Å². The third kappa shape index (κ3) is 16.8. The molecule has 0 aromatic carbocycles. The van der Waals surface area contributed by atoms with Gasteiger partial charge in [-0.25, -0.2) is 9.36 Å². The highest BCUT2D eigenvalue weighted by atomic mass is 35.5. The quantitative estimate of drug-likeness (QED) is 0.0971. The summed E-state index contributed by atoms with van der Waals surface area (Å²) < 4.78 is 20.9. The van der Waals surface area contributed by atoms with Crippen LogP contribution in [-0.2, 0) is 18.4 Å². The molecule has 0 saturated heterocycles. The number of carbonyl (C=O) groups is 1. The van der Waals surface area contributed by atoms with Gasteiger partial charge in [-0.3, -0.25) is 9.05 Å². The van der Waals surface area contributed by atoms with Gasteiger partial charge in [0.1, 0.15) is 6.61 Å². The van der Waals surface area contributed by atoms with Gasteiger partial charge in [0.15, 0.2) is 0 Å².